The van der Waals surface area contributed by atoms with Gasteiger partial charge >= 0.3 is 7.48 Å². The second-order valence-electron chi connectivity index (χ2n) is 2.44. The van der Waals surface area contributed by atoms with Crippen molar-refractivity contribution >= 4 is 13.2 Å². The third-order valence-electron chi connectivity index (χ3n) is 1.43. The zero-order chi connectivity index (χ0) is 9.68. The molecule has 0 amide bonds. The summed E-state index contributed by atoms with van der Waals surface area (Å²) in [6.07, 6.45) is 0.803. The Kier molecular flexibility index (Phi) is 3.31. The van der Waals surface area contributed by atoms with Crippen molar-refractivity contribution in [1.29, 1.82) is 0 Å². The second kappa shape index (κ2) is 4.50. The molecule has 0 unspecified atom stereocenters. The molecule has 5 heteroatoms. The molecule has 0 atom stereocenters. The van der Waals surface area contributed by atoms with Crippen LogP contribution in [0, 0.1) is 10.1 Å². The molecule has 1 aromatic carbocycles. The molecule has 1 radical (unpaired) electrons. The number of non-ortho nitro benzene ring substituents is 1. The van der Waals surface area contributed by atoms with Crippen LogP contribution in [0.2, 0.25) is 6.32 Å². The molecule has 4 nitrogen and oxygen atoms in total. The van der Waals surface area contributed by atoms with E-state index in [1.54, 1.807) is 19.6 Å². The van der Waals surface area contributed by atoms with Gasteiger partial charge in [-0.25, -0.2) is 0 Å². The van der Waals surface area contributed by atoms with Gasteiger partial charge in [-0.2, -0.15) is 0 Å². The molecule has 0 fully saturated rings. The Hall–Kier alpha value is -1.52. The number of hydrogen-bond acceptors (Lipinski definition) is 3. The van der Waals surface area contributed by atoms with Crippen molar-refractivity contribution in [3.8, 4) is 5.75 Å². The van der Waals surface area contributed by atoms with E-state index in [0.29, 0.717) is 5.75 Å². The molecule has 0 bridgehead atoms. The van der Waals surface area contributed by atoms with Crippen molar-refractivity contribution in [3.05, 3.63) is 34.4 Å². The van der Waals surface area contributed by atoms with Crippen LogP contribution in [0.1, 0.15) is 6.92 Å². The first-order valence-corrected chi connectivity index (χ1v) is 3.97. The lowest BCUT2D eigenvalue weighted by Crippen LogP contribution is -1.99. The highest BCUT2D eigenvalue weighted by Gasteiger charge is 2.03. The number of nitro benzene ring substituents is 1. The van der Waals surface area contributed by atoms with Crippen molar-refractivity contribution in [2.45, 2.75) is 13.2 Å². The highest BCUT2D eigenvalue weighted by Crippen LogP contribution is 2.16. The third-order valence-corrected chi connectivity index (χ3v) is 1.43. The number of benzene rings is 1. The van der Waals surface area contributed by atoms with Crippen LogP contribution >= 0.6 is 0 Å². The molecule has 0 aromatic heterocycles. The van der Waals surface area contributed by atoms with E-state index in [2.05, 4.69) is 0 Å². The van der Waals surface area contributed by atoms with Crippen molar-refractivity contribution in [2.75, 3.05) is 0 Å². The Bertz CT molecular complexity index is 286. The zero-order valence-corrected chi connectivity index (χ0v) is 7.27. The Morgan fingerprint density at radius 2 is 2.08 bits per heavy atom. The Balaban J connectivity index is 2.64. The molecular formula is C8H9BNO3. The van der Waals surface area contributed by atoms with Gasteiger partial charge in [-0.1, -0.05) is 6.92 Å². The van der Waals surface area contributed by atoms with E-state index in [9.17, 15) is 10.1 Å². The molecule has 0 saturated heterocycles. The summed E-state index contributed by atoms with van der Waals surface area (Å²) in [5.74, 6) is 0.618. The SMILES string of the molecule is CC[B]Oc1ccc([N+](=O)[O-])cc1. The van der Waals surface area contributed by atoms with Crippen LogP contribution < -0.4 is 4.65 Å². The summed E-state index contributed by atoms with van der Waals surface area (Å²) in [7, 11) is 1.64. The van der Waals surface area contributed by atoms with Crippen molar-refractivity contribution in [1.82, 2.24) is 0 Å². The molecule has 67 valence electrons. The van der Waals surface area contributed by atoms with Crippen molar-refractivity contribution < 1.29 is 9.58 Å². The van der Waals surface area contributed by atoms with Crippen LogP contribution in [0.25, 0.3) is 0 Å². The van der Waals surface area contributed by atoms with E-state index < -0.39 is 4.92 Å². The minimum Gasteiger partial charge on any atom is -0.563 e. The van der Waals surface area contributed by atoms with E-state index in [1.165, 1.54) is 12.1 Å². The first-order valence-electron chi connectivity index (χ1n) is 3.97. The van der Waals surface area contributed by atoms with Crippen LogP contribution in [0.4, 0.5) is 5.69 Å². The van der Waals surface area contributed by atoms with E-state index in [4.69, 9.17) is 4.65 Å². The maximum absolute atomic E-state index is 10.3. The van der Waals surface area contributed by atoms with E-state index in [0.717, 1.165) is 6.32 Å². The monoisotopic (exact) mass is 178 g/mol. The average Bonchev–Trinajstić information content (AvgIpc) is 2.15. The van der Waals surface area contributed by atoms with Crippen LogP contribution in [0.15, 0.2) is 24.3 Å². The lowest BCUT2D eigenvalue weighted by atomic mass is 9.97. The Morgan fingerprint density at radius 1 is 1.46 bits per heavy atom. The van der Waals surface area contributed by atoms with Crippen LogP contribution in [0.3, 0.4) is 0 Å². The molecular weight excluding hydrogens is 169 g/mol. The van der Waals surface area contributed by atoms with E-state index in [-0.39, 0.29) is 5.69 Å². The highest BCUT2D eigenvalue weighted by molar-refractivity contribution is 6.28. The fourth-order valence-corrected chi connectivity index (χ4v) is 0.826. The Morgan fingerprint density at radius 3 is 2.54 bits per heavy atom. The second-order valence-corrected chi connectivity index (χ2v) is 2.44. The first kappa shape index (κ1) is 9.57. The predicted octanol–water partition coefficient (Wildman–Crippen LogP) is 2.03. The summed E-state index contributed by atoms with van der Waals surface area (Å²) in [4.78, 5) is 9.85. The molecule has 0 saturated carbocycles. The van der Waals surface area contributed by atoms with Gasteiger partial charge in [-0.3, -0.25) is 10.1 Å². The molecule has 0 aliphatic rings. The van der Waals surface area contributed by atoms with Gasteiger partial charge in [0.15, 0.2) is 0 Å². The van der Waals surface area contributed by atoms with Crippen molar-refractivity contribution in [2.24, 2.45) is 0 Å². The van der Waals surface area contributed by atoms with Gasteiger partial charge in [-0.15, -0.1) is 0 Å². The largest absolute Gasteiger partial charge is 0.563 e. The minimum absolute atomic E-state index is 0.0730. The summed E-state index contributed by atoms with van der Waals surface area (Å²) in [6, 6.07) is 5.98. The molecule has 0 heterocycles. The van der Waals surface area contributed by atoms with Gasteiger partial charge in [0.05, 0.1) is 10.7 Å². The molecule has 13 heavy (non-hydrogen) atoms. The summed E-state index contributed by atoms with van der Waals surface area (Å²) in [6.45, 7) is 1.95. The van der Waals surface area contributed by atoms with Gasteiger partial charge < -0.3 is 4.65 Å². The molecule has 0 aliphatic heterocycles. The summed E-state index contributed by atoms with van der Waals surface area (Å²) in [5.41, 5.74) is 0.0730. The summed E-state index contributed by atoms with van der Waals surface area (Å²) < 4.78 is 5.14. The van der Waals surface area contributed by atoms with E-state index in [1.807, 2.05) is 6.92 Å². The maximum atomic E-state index is 10.3. The molecule has 0 N–H and O–H groups in total. The number of nitro groups is 1. The smallest absolute Gasteiger partial charge is 0.369 e. The average molecular weight is 178 g/mol. The quantitative estimate of drug-likeness (QED) is 0.402. The molecule has 1 rings (SSSR count). The maximum Gasteiger partial charge on any atom is 0.369 e. The van der Waals surface area contributed by atoms with E-state index >= 15 is 0 Å². The summed E-state index contributed by atoms with van der Waals surface area (Å²) >= 11 is 0. The van der Waals surface area contributed by atoms with Crippen LogP contribution in [-0.2, 0) is 0 Å². The van der Waals surface area contributed by atoms with Crippen LogP contribution in [-0.4, -0.2) is 12.4 Å². The first-order chi connectivity index (χ1) is 6.24. The highest BCUT2D eigenvalue weighted by atomic mass is 16.6. The summed E-state index contributed by atoms with van der Waals surface area (Å²) in [5, 5.41) is 10.3. The zero-order valence-electron chi connectivity index (χ0n) is 7.27. The standard InChI is InChI=1S/C8H9BNO3/c1-2-9-13-8-5-3-7(4-6-8)10(11)12/h3-6H,2H2,1H3. The van der Waals surface area contributed by atoms with Gasteiger partial charge in [0.2, 0.25) is 0 Å². The topological polar surface area (TPSA) is 52.4 Å². The fraction of sp³-hybridized carbons (Fsp3) is 0.250. The number of nitrogens with zero attached hydrogens (tertiary/aromatic N) is 1. The Labute approximate surface area is 77.0 Å². The molecule has 0 spiro atoms. The van der Waals surface area contributed by atoms with Gasteiger partial charge in [0.25, 0.3) is 5.69 Å². The normalized spacial score (nSPS) is 9.31. The number of rotatable bonds is 4. The minimum atomic E-state index is -0.437. The van der Waals surface area contributed by atoms with Gasteiger partial charge in [0, 0.05) is 12.1 Å². The van der Waals surface area contributed by atoms with Crippen LogP contribution in [0.5, 0.6) is 5.75 Å². The third kappa shape index (κ3) is 2.78. The fourth-order valence-electron chi connectivity index (χ4n) is 0.826. The van der Waals surface area contributed by atoms with Gasteiger partial charge in [0.1, 0.15) is 0 Å². The molecule has 1 aromatic rings. The molecule has 0 aliphatic carbocycles. The number of hydrogen-bond donors (Lipinski definition) is 0. The predicted molar refractivity (Wildman–Crippen MR) is 50.0 cm³/mol. The lowest BCUT2D eigenvalue weighted by molar-refractivity contribution is -0.384. The lowest BCUT2D eigenvalue weighted by Gasteiger charge is -2.01. The van der Waals surface area contributed by atoms with Crippen molar-refractivity contribution in [3.63, 3.8) is 0 Å². The van der Waals surface area contributed by atoms with Gasteiger partial charge in [-0.05, 0) is 18.5 Å².